The normalized spacial score (nSPS) is 22.2. The van der Waals surface area contributed by atoms with E-state index in [1.165, 1.54) is 25.2 Å². The summed E-state index contributed by atoms with van der Waals surface area (Å²) < 4.78 is 0. The topological polar surface area (TPSA) is 29.3 Å². The number of nitrogens with two attached hydrogens (primary N) is 1. The van der Waals surface area contributed by atoms with Gasteiger partial charge in [0.1, 0.15) is 0 Å². The zero-order chi connectivity index (χ0) is 9.26. The van der Waals surface area contributed by atoms with Gasteiger partial charge in [0.15, 0.2) is 0 Å². The fraction of sp³-hybridized carbons (Fsp3) is 0.455. The Bertz CT molecular complexity index is 279. The van der Waals surface area contributed by atoms with E-state index in [9.17, 15) is 0 Å². The minimum absolute atomic E-state index is 0.831. The van der Waals surface area contributed by atoms with Crippen LogP contribution in [0.4, 0.5) is 11.4 Å². The van der Waals surface area contributed by atoms with Gasteiger partial charge in [0.05, 0.1) is 0 Å². The summed E-state index contributed by atoms with van der Waals surface area (Å²) in [7, 11) is 0. The van der Waals surface area contributed by atoms with Gasteiger partial charge in [-0.25, -0.2) is 0 Å². The van der Waals surface area contributed by atoms with Crippen LogP contribution in [0.25, 0.3) is 0 Å². The first-order valence-corrected chi connectivity index (χ1v) is 4.86. The molecule has 70 valence electrons. The third-order valence-electron chi connectivity index (χ3n) is 2.68. The van der Waals surface area contributed by atoms with Crippen molar-refractivity contribution in [3.05, 3.63) is 24.3 Å². The minimum Gasteiger partial charge on any atom is -0.399 e. The van der Waals surface area contributed by atoms with Crippen molar-refractivity contribution in [2.24, 2.45) is 5.92 Å². The van der Waals surface area contributed by atoms with Crippen molar-refractivity contribution >= 4 is 11.4 Å². The Morgan fingerprint density at radius 2 is 2.00 bits per heavy atom. The Labute approximate surface area is 79.4 Å². The molecular weight excluding hydrogens is 160 g/mol. The van der Waals surface area contributed by atoms with E-state index in [1.54, 1.807) is 0 Å². The van der Waals surface area contributed by atoms with Crippen molar-refractivity contribution in [1.82, 2.24) is 0 Å². The number of hydrogen-bond acceptors (Lipinski definition) is 2. The van der Waals surface area contributed by atoms with Crippen molar-refractivity contribution in [3.63, 3.8) is 0 Å². The highest BCUT2D eigenvalue weighted by Crippen LogP contribution is 2.23. The maximum atomic E-state index is 5.63. The van der Waals surface area contributed by atoms with E-state index in [-0.39, 0.29) is 0 Å². The molecule has 1 atom stereocenters. The maximum Gasteiger partial charge on any atom is 0.0367 e. The summed E-state index contributed by atoms with van der Waals surface area (Å²) in [5.41, 5.74) is 7.78. The fourth-order valence-electron chi connectivity index (χ4n) is 1.85. The lowest BCUT2D eigenvalue weighted by Crippen LogP contribution is -2.18. The first kappa shape index (κ1) is 8.42. The molecule has 2 rings (SSSR count). The van der Waals surface area contributed by atoms with Crippen molar-refractivity contribution < 1.29 is 0 Å². The molecular formula is C11H16N2. The smallest absolute Gasteiger partial charge is 0.0367 e. The molecule has 0 spiro atoms. The van der Waals surface area contributed by atoms with Gasteiger partial charge in [0, 0.05) is 24.5 Å². The Morgan fingerprint density at radius 3 is 2.54 bits per heavy atom. The van der Waals surface area contributed by atoms with Crippen molar-refractivity contribution in [1.29, 1.82) is 0 Å². The number of rotatable bonds is 1. The van der Waals surface area contributed by atoms with Crippen molar-refractivity contribution in [3.8, 4) is 0 Å². The molecule has 2 nitrogen and oxygen atoms in total. The molecule has 0 aromatic heterocycles. The van der Waals surface area contributed by atoms with E-state index in [0.29, 0.717) is 0 Å². The molecule has 13 heavy (non-hydrogen) atoms. The van der Waals surface area contributed by atoms with Crippen LogP contribution in [-0.2, 0) is 0 Å². The van der Waals surface area contributed by atoms with Crippen LogP contribution in [0.2, 0.25) is 0 Å². The van der Waals surface area contributed by atoms with E-state index >= 15 is 0 Å². The van der Waals surface area contributed by atoms with Gasteiger partial charge >= 0.3 is 0 Å². The number of anilines is 2. The molecule has 0 amide bonds. The number of hydrogen-bond donors (Lipinski definition) is 1. The molecule has 1 fully saturated rings. The molecule has 0 saturated carbocycles. The molecule has 1 heterocycles. The molecule has 0 bridgehead atoms. The number of benzene rings is 1. The van der Waals surface area contributed by atoms with E-state index in [2.05, 4.69) is 24.0 Å². The third kappa shape index (κ3) is 1.77. The maximum absolute atomic E-state index is 5.63. The Morgan fingerprint density at radius 1 is 1.31 bits per heavy atom. The Balaban J connectivity index is 2.13. The minimum atomic E-state index is 0.831. The zero-order valence-corrected chi connectivity index (χ0v) is 8.03. The van der Waals surface area contributed by atoms with Gasteiger partial charge in [-0.1, -0.05) is 6.92 Å². The van der Waals surface area contributed by atoms with E-state index in [0.717, 1.165) is 11.6 Å². The molecule has 1 aromatic rings. The molecule has 2 N–H and O–H groups in total. The summed E-state index contributed by atoms with van der Waals surface area (Å²) in [6, 6.07) is 8.15. The van der Waals surface area contributed by atoms with E-state index in [1.807, 2.05) is 12.1 Å². The van der Waals surface area contributed by atoms with Crippen molar-refractivity contribution in [2.45, 2.75) is 13.3 Å². The Kier molecular flexibility index (Phi) is 2.13. The lowest BCUT2D eigenvalue weighted by atomic mass is 10.2. The second-order valence-corrected chi connectivity index (χ2v) is 3.93. The van der Waals surface area contributed by atoms with Crippen LogP contribution in [0, 0.1) is 5.92 Å². The van der Waals surface area contributed by atoms with Crippen LogP contribution >= 0.6 is 0 Å². The van der Waals surface area contributed by atoms with Crippen LogP contribution in [0.3, 0.4) is 0 Å². The summed E-state index contributed by atoms with van der Waals surface area (Å²) in [6.45, 7) is 4.67. The van der Waals surface area contributed by atoms with Crippen LogP contribution in [-0.4, -0.2) is 13.1 Å². The predicted molar refractivity (Wildman–Crippen MR) is 56.8 cm³/mol. The highest BCUT2D eigenvalue weighted by atomic mass is 15.1. The fourth-order valence-corrected chi connectivity index (χ4v) is 1.85. The van der Waals surface area contributed by atoms with Crippen LogP contribution in [0.5, 0.6) is 0 Å². The monoisotopic (exact) mass is 176 g/mol. The second kappa shape index (κ2) is 3.29. The summed E-state index contributed by atoms with van der Waals surface area (Å²) in [6.07, 6.45) is 1.31. The summed E-state index contributed by atoms with van der Waals surface area (Å²) >= 11 is 0. The van der Waals surface area contributed by atoms with Crippen molar-refractivity contribution in [2.75, 3.05) is 23.7 Å². The number of nitrogen functional groups attached to an aromatic ring is 1. The van der Waals surface area contributed by atoms with Gasteiger partial charge in [-0.15, -0.1) is 0 Å². The highest BCUT2D eigenvalue weighted by molar-refractivity contribution is 5.53. The standard InChI is InChI=1S/C11H16N2/c1-9-6-7-13(8-9)11-4-2-10(12)3-5-11/h2-5,9H,6-8,12H2,1H3/t9-/m0/s1. The lowest BCUT2D eigenvalue weighted by Gasteiger charge is -2.17. The molecule has 2 heteroatoms. The van der Waals surface area contributed by atoms with Crippen LogP contribution < -0.4 is 10.6 Å². The number of nitrogens with zero attached hydrogens (tertiary/aromatic N) is 1. The zero-order valence-electron chi connectivity index (χ0n) is 8.03. The molecule has 0 aliphatic carbocycles. The second-order valence-electron chi connectivity index (χ2n) is 3.93. The quantitative estimate of drug-likeness (QED) is 0.664. The largest absolute Gasteiger partial charge is 0.399 e. The van der Waals surface area contributed by atoms with Gasteiger partial charge in [-0.05, 0) is 36.6 Å². The summed E-state index contributed by atoms with van der Waals surface area (Å²) in [4.78, 5) is 2.42. The lowest BCUT2D eigenvalue weighted by molar-refractivity contribution is 0.659. The molecule has 1 saturated heterocycles. The molecule has 1 aliphatic heterocycles. The van der Waals surface area contributed by atoms with Crippen LogP contribution in [0.1, 0.15) is 13.3 Å². The molecule has 1 aromatic carbocycles. The van der Waals surface area contributed by atoms with E-state index in [4.69, 9.17) is 5.73 Å². The Hall–Kier alpha value is -1.18. The SMILES string of the molecule is C[C@H]1CCN(c2ccc(N)cc2)C1. The third-order valence-corrected chi connectivity index (χ3v) is 2.68. The molecule has 0 radical (unpaired) electrons. The first-order valence-electron chi connectivity index (χ1n) is 4.86. The molecule has 1 aliphatic rings. The molecule has 0 unspecified atom stereocenters. The summed E-state index contributed by atoms with van der Waals surface area (Å²) in [5, 5.41) is 0. The average Bonchev–Trinajstić information content (AvgIpc) is 2.53. The van der Waals surface area contributed by atoms with Gasteiger partial charge in [0.25, 0.3) is 0 Å². The van der Waals surface area contributed by atoms with Gasteiger partial charge in [-0.3, -0.25) is 0 Å². The first-order chi connectivity index (χ1) is 6.25. The predicted octanol–water partition coefficient (Wildman–Crippen LogP) is 2.12. The van der Waals surface area contributed by atoms with Gasteiger partial charge in [-0.2, -0.15) is 0 Å². The van der Waals surface area contributed by atoms with E-state index < -0.39 is 0 Å². The van der Waals surface area contributed by atoms with Crippen LogP contribution in [0.15, 0.2) is 24.3 Å². The average molecular weight is 176 g/mol. The van der Waals surface area contributed by atoms with Gasteiger partial charge in [0.2, 0.25) is 0 Å². The van der Waals surface area contributed by atoms with Gasteiger partial charge < -0.3 is 10.6 Å². The summed E-state index contributed by atoms with van der Waals surface area (Å²) in [5.74, 6) is 0.831. The highest BCUT2D eigenvalue weighted by Gasteiger charge is 2.18.